The minimum Gasteiger partial charge on any atom is -0.387 e. The second-order valence-corrected chi connectivity index (χ2v) is 9.80. The SMILES string of the molecule is Nc1ncnc2c1c(Sc1ccc(Cl)cc1Cl)nn2[C@@H]1O[C@H](COS(N)(=O)=O)[C@@H](O)[C@H]1O. The molecule has 1 aromatic carbocycles. The zero-order chi connectivity index (χ0) is 23.2. The van der Waals surface area contributed by atoms with Crippen LogP contribution in [0.4, 0.5) is 5.82 Å². The number of rotatable bonds is 6. The third-order valence-corrected chi connectivity index (χ3v) is 6.74. The molecule has 3 aromatic rings. The quantitative estimate of drug-likeness (QED) is 0.356. The molecule has 3 heterocycles. The van der Waals surface area contributed by atoms with Gasteiger partial charge >= 0.3 is 10.3 Å². The van der Waals surface area contributed by atoms with E-state index in [0.717, 1.165) is 11.8 Å². The Hall–Kier alpha value is -1.75. The maximum absolute atomic E-state index is 11.1. The van der Waals surface area contributed by atoms with E-state index in [2.05, 4.69) is 19.2 Å². The number of hydrogen-bond donors (Lipinski definition) is 4. The summed E-state index contributed by atoms with van der Waals surface area (Å²) in [4.78, 5) is 8.78. The van der Waals surface area contributed by atoms with Crippen LogP contribution in [0.25, 0.3) is 11.0 Å². The summed E-state index contributed by atoms with van der Waals surface area (Å²) >= 11 is 13.4. The molecule has 4 rings (SSSR count). The van der Waals surface area contributed by atoms with Crippen LogP contribution in [0, 0.1) is 0 Å². The molecule has 0 aliphatic carbocycles. The van der Waals surface area contributed by atoms with Crippen LogP contribution >= 0.6 is 35.0 Å². The standard InChI is InChI=1S/C16H16Cl2N6O6S2/c17-6-1-2-9(7(18)3-6)31-15-10-13(19)21-5-22-14(10)24(23-15)16-12(26)11(25)8(30-16)4-29-32(20,27)28/h1-3,5,8,11-12,16,25-26H,4H2,(H2,19,21,22)(H2,20,27,28)/t8-,11-,12-,16-/m1/s1. The highest BCUT2D eigenvalue weighted by Gasteiger charge is 2.45. The Bertz CT molecular complexity index is 1280. The molecule has 1 aliphatic rings. The van der Waals surface area contributed by atoms with Crippen molar-refractivity contribution in [1.29, 1.82) is 0 Å². The van der Waals surface area contributed by atoms with E-state index in [1.807, 2.05) is 0 Å². The van der Waals surface area contributed by atoms with Crippen LogP contribution in [-0.2, 0) is 19.2 Å². The van der Waals surface area contributed by atoms with Crippen LogP contribution in [-0.4, -0.2) is 63.3 Å². The van der Waals surface area contributed by atoms with Crippen molar-refractivity contribution in [2.75, 3.05) is 12.3 Å². The Morgan fingerprint density at radius 2 is 2.00 bits per heavy atom. The van der Waals surface area contributed by atoms with Gasteiger partial charge in [-0.3, -0.25) is 4.18 Å². The van der Waals surface area contributed by atoms with E-state index in [9.17, 15) is 18.6 Å². The molecule has 16 heteroatoms. The summed E-state index contributed by atoms with van der Waals surface area (Å²) in [5, 5.41) is 31.6. The molecule has 1 saturated heterocycles. The lowest BCUT2D eigenvalue weighted by Gasteiger charge is -2.15. The third-order valence-electron chi connectivity index (χ3n) is 4.56. The maximum Gasteiger partial charge on any atom is 0.333 e. The maximum atomic E-state index is 11.1. The second kappa shape index (κ2) is 8.89. The van der Waals surface area contributed by atoms with Crippen molar-refractivity contribution >= 4 is 62.1 Å². The molecule has 172 valence electrons. The third kappa shape index (κ3) is 4.64. The summed E-state index contributed by atoms with van der Waals surface area (Å²) in [7, 11) is -4.27. The Labute approximate surface area is 195 Å². The average molecular weight is 523 g/mol. The highest BCUT2D eigenvalue weighted by molar-refractivity contribution is 7.99. The van der Waals surface area contributed by atoms with Gasteiger partial charge in [-0.1, -0.05) is 35.0 Å². The molecular weight excluding hydrogens is 507 g/mol. The van der Waals surface area contributed by atoms with Gasteiger partial charge in [0, 0.05) is 9.92 Å². The van der Waals surface area contributed by atoms with Crippen molar-refractivity contribution in [2.45, 2.75) is 34.5 Å². The molecule has 1 aliphatic heterocycles. The molecule has 12 nitrogen and oxygen atoms in total. The minimum absolute atomic E-state index is 0.121. The second-order valence-electron chi connectivity index (χ2n) is 6.71. The van der Waals surface area contributed by atoms with E-state index in [1.165, 1.54) is 11.0 Å². The molecule has 2 aromatic heterocycles. The van der Waals surface area contributed by atoms with Gasteiger partial charge in [-0.05, 0) is 18.2 Å². The Morgan fingerprint density at radius 3 is 2.69 bits per heavy atom. The first-order valence-electron chi connectivity index (χ1n) is 8.85. The number of benzene rings is 1. The summed E-state index contributed by atoms with van der Waals surface area (Å²) < 4.78 is 33.4. The number of nitrogen functional groups attached to an aromatic ring is 1. The van der Waals surface area contributed by atoms with E-state index in [-0.39, 0.29) is 11.5 Å². The van der Waals surface area contributed by atoms with Crippen LogP contribution in [0.15, 0.2) is 34.4 Å². The first-order valence-corrected chi connectivity index (χ1v) is 11.9. The lowest BCUT2D eigenvalue weighted by molar-refractivity contribution is -0.0531. The minimum atomic E-state index is -4.27. The molecule has 0 amide bonds. The van der Waals surface area contributed by atoms with Crippen LogP contribution in [0.3, 0.4) is 0 Å². The zero-order valence-electron chi connectivity index (χ0n) is 15.9. The molecule has 0 radical (unpaired) electrons. The number of hydrogen-bond acceptors (Lipinski definition) is 11. The smallest absolute Gasteiger partial charge is 0.333 e. The fraction of sp³-hybridized carbons (Fsp3) is 0.312. The van der Waals surface area contributed by atoms with Gasteiger partial charge in [0.15, 0.2) is 11.9 Å². The van der Waals surface area contributed by atoms with E-state index >= 15 is 0 Å². The Kier molecular flexibility index (Phi) is 6.50. The summed E-state index contributed by atoms with van der Waals surface area (Å²) in [5.74, 6) is 0.121. The van der Waals surface area contributed by atoms with Gasteiger partial charge < -0.3 is 20.7 Å². The number of nitrogens with two attached hydrogens (primary N) is 2. The molecular formula is C16H16Cl2N6O6S2. The van der Waals surface area contributed by atoms with E-state index < -0.39 is 41.5 Å². The number of aromatic nitrogens is 4. The molecule has 0 bridgehead atoms. The Morgan fingerprint density at radius 1 is 1.25 bits per heavy atom. The number of fused-ring (bicyclic) bond motifs is 1. The number of aliphatic hydroxyl groups is 2. The molecule has 4 atom stereocenters. The average Bonchev–Trinajstić information content (AvgIpc) is 3.21. The summed E-state index contributed by atoms with van der Waals surface area (Å²) in [5.41, 5.74) is 6.26. The topological polar surface area (TPSA) is 189 Å². The van der Waals surface area contributed by atoms with Crippen LogP contribution in [0.1, 0.15) is 6.23 Å². The van der Waals surface area contributed by atoms with E-state index in [4.69, 9.17) is 38.8 Å². The number of aliphatic hydroxyl groups excluding tert-OH is 2. The van der Waals surface area contributed by atoms with Gasteiger partial charge in [0.1, 0.15) is 35.5 Å². The van der Waals surface area contributed by atoms with Crippen LogP contribution in [0.5, 0.6) is 0 Å². The van der Waals surface area contributed by atoms with Crippen molar-refractivity contribution in [1.82, 2.24) is 19.7 Å². The predicted molar refractivity (Wildman–Crippen MR) is 115 cm³/mol. The number of nitrogens with zero attached hydrogens (tertiary/aromatic N) is 4. The van der Waals surface area contributed by atoms with Gasteiger partial charge in [-0.2, -0.15) is 13.5 Å². The summed E-state index contributed by atoms with van der Waals surface area (Å²) in [6.07, 6.45) is -4.19. The van der Waals surface area contributed by atoms with Gasteiger partial charge in [0.05, 0.1) is 17.0 Å². The lowest BCUT2D eigenvalue weighted by Crippen LogP contribution is -2.35. The van der Waals surface area contributed by atoms with Crippen molar-refractivity contribution in [2.24, 2.45) is 5.14 Å². The number of halogens is 2. The first kappa shape index (κ1) is 23.4. The lowest BCUT2D eigenvalue weighted by atomic mass is 10.1. The van der Waals surface area contributed by atoms with E-state index in [1.54, 1.807) is 18.2 Å². The normalized spacial score (nSPS) is 23.8. The van der Waals surface area contributed by atoms with Crippen molar-refractivity contribution in [3.05, 3.63) is 34.6 Å². The van der Waals surface area contributed by atoms with Crippen LogP contribution < -0.4 is 10.9 Å². The number of anilines is 1. The predicted octanol–water partition coefficient (Wildman–Crippen LogP) is 0.706. The van der Waals surface area contributed by atoms with Crippen LogP contribution in [0.2, 0.25) is 10.0 Å². The highest BCUT2D eigenvalue weighted by Crippen LogP contribution is 2.40. The van der Waals surface area contributed by atoms with Gasteiger partial charge in [0.2, 0.25) is 0 Å². The molecule has 6 N–H and O–H groups in total. The fourth-order valence-electron chi connectivity index (χ4n) is 3.11. The largest absolute Gasteiger partial charge is 0.387 e. The van der Waals surface area contributed by atoms with Crippen molar-refractivity contribution in [3.8, 4) is 0 Å². The molecule has 0 saturated carbocycles. The highest BCUT2D eigenvalue weighted by atomic mass is 35.5. The van der Waals surface area contributed by atoms with Crippen molar-refractivity contribution < 1.29 is 27.6 Å². The molecule has 32 heavy (non-hydrogen) atoms. The molecule has 1 fully saturated rings. The van der Waals surface area contributed by atoms with Gasteiger partial charge in [0.25, 0.3) is 0 Å². The van der Waals surface area contributed by atoms with Crippen molar-refractivity contribution in [3.63, 3.8) is 0 Å². The monoisotopic (exact) mass is 522 g/mol. The molecule has 0 unspecified atom stereocenters. The first-order chi connectivity index (χ1) is 15.0. The van der Waals surface area contributed by atoms with Gasteiger partial charge in [-0.25, -0.2) is 19.8 Å². The van der Waals surface area contributed by atoms with E-state index in [0.29, 0.717) is 25.4 Å². The molecule has 0 spiro atoms. The zero-order valence-corrected chi connectivity index (χ0v) is 19.0. The summed E-state index contributed by atoms with van der Waals surface area (Å²) in [6.45, 7) is -0.605. The summed E-state index contributed by atoms with van der Waals surface area (Å²) in [6, 6.07) is 4.93. The number of ether oxygens (including phenoxy) is 1. The fourth-order valence-corrected chi connectivity index (χ4v) is 4.88. The van der Waals surface area contributed by atoms with Gasteiger partial charge in [-0.15, -0.1) is 0 Å². The Balaban J connectivity index is 1.71.